The van der Waals surface area contributed by atoms with Crippen LogP contribution in [0.1, 0.15) is 50.3 Å². The van der Waals surface area contributed by atoms with Gasteiger partial charge in [0.2, 0.25) is 5.88 Å². The molecule has 2 heterocycles. The van der Waals surface area contributed by atoms with Gasteiger partial charge in [0.05, 0.1) is 18.6 Å². The van der Waals surface area contributed by atoms with Gasteiger partial charge in [-0.3, -0.25) is 9.48 Å². The Morgan fingerprint density at radius 3 is 2.58 bits per heavy atom. The van der Waals surface area contributed by atoms with Crippen LogP contribution in [0.25, 0.3) is 10.9 Å². The van der Waals surface area contributed by atoms with Crippen LogP contribution in [0.15, 0.2) is 30.3 Å². The van der Waals surface area contributed by atoms with Gasteiger partial charge >= 0.3 is 5.97 Å². The second kappa shape index (κ2) is 11.4. The topological polar surface area (TPSA) is 86.5 Å². The summed E-state index contributed by atoms with van der Waals surface area (Å²) in [6.45, 7) is 3.99. The fourth-order valence-electron chi connectivity index (χ4n) is 4.03. The first-order valence-corrected chi connectivity index (χ1v) is 11.7. The molecule has 8 heteroatoms. The molecule has 2 aromatic heterocycles. The third-order valence-electron chi connectivity index (χ3n) is 6.10. The SMILES string of the molecule is COc1ccc(CCC(CCC(=O)O)CC[C@@H](C)Oc2nc(Cl)cc3nn(C)c(C)c23)cc1. The number of benzene rings is 1. The van der Waals surface area contributed by atoms with Crippen molar-refractivity contribution >= 4 is 28.5 Å². The van der Waals surface area contributed by atoms with E-state index in [2.05, 4.69) is 22.2 Å². The van der Waals surface area contributed by atoms with Gasteiger partial charge in [0.1, 0.15) is 16.4 Å². The average Bonchev–Trinajstić information content (AvgIpc) is 3.06. The van der Waals surface area contributed by atoms with E-state index in [0.717, 1.165) is 48.0 Å². The highest BCUT2D eigenvalue weighted by atomic mass is 35.5. The Balaban J connectivity index is 1.62. The Kier molecular flexibility index (Phi) is 8.55. The van der Waals surface area contributed by atoms with Crippen molar-refractivity contribution in [3.05, 3.63) is 46.7 Å². The standard InChI is InChI=1S/C25H32ClN3O4/c1-16(33-25-24-17(2)29(3)28-21(24)15-22(26)27-25)5-6-18(11-14-23(30)31)7-8-19-9-12-20(32-4)13-10-19/h9-10,12-13,15-16,18H,5-8,11,14H2,1-4H3,(H,30,31)/t16-,18?/m1/s1. The van der Waals surface area contributed by atoms with E-state index in [1.54, 1.807) is 17.9 Å². The van der Waals surface area contributed by atoms with Crippen LogP contribution in [0.3, 0.4) is 0 Å². The van der Waals surface area contributed by atoms with Gasteiger partial charge in [0.15, 0.2) is 0 Å². The third-order valence-corrected chi connectivity index (χ3v) is 6.29. The first-order valence-electron chi connectivity index (χ1n) is 11.3. The molecule has 0 aliphatic carbocycles. The molecule has 0 spiro atoms. The Hall–Kier alpha value is -2.80. The van der Waals surface area contributed by atoms with Crippen molar-refractivity contribution in [1.29, 1.82) is 0 Å². The van der Waals surface area contributed by atoms with Crippen molar-refractivity contribution in [3.63, 3.8) is 0 Å². The molecular weight excluding hydrogens is 442 g/mol. The number of ether oxygens (including phenoxy) is 2. The van der Waals surface area contributed by atoms with E-state index in [-0.39, 0.29) is 12.5 Å². The van der Waals surface area contributed by atoms with E-state index in [1.807, 2.05) is 33.0 Å². The molecule has 3 aromatic rings. The van der Waals surface area contributed by atoms with Crippen LogP contribution in [-0.4, -0.2) is 39.1 Å². The van der Waals surface area contributed by atoms with Gasteiger partial charge in [-0.05, 0) is 69.6 Å². The summed E-state index contributed by atoms with van der Waals surface area (Å²) in [6.07, 6.45) is 4.23. The molecule has 0 aliphatic heterocycles. The molecular formula is C25H32ClN3O4. The van der Waals surface area contributed by atoms with Crippen LogP contribution in [0.2, 0.25) is 5.15 Å². The van der Waals surface area contributed by atoms with E-state index in [0.29, 0.717) is 23.4 Å². The van der Waals surface area contributed by atoms with Gasteiger partial charge < -0.3 is 14.6 Å². The summed E-state index contributed by atoms with van der Waals surface area (Å²) in [5, 5.41) is 14.9. The Labute approximate surface area is 199 Å². The molecule has 0 amide bonds. The number of rotatable bonds is 12. The van der Waals surface area contributed by atoms with E-state index in [4.69, 9.17) is 26.2 Å². The van der Waals surface area contributed by atoms with Crippen LogP contribution in [-0.2, 0) is 18.3 Å². The average molecular weight is 474 g/mol. The second-order valence-corrected chi connectivity index (χ2v) is 8.93. The lowest BCUT2D eigenvalue weighted by atomic mass is 9.90. The monoisotopic (exact) mass is 473 g/mol. The van der Waals surface area contributed by atoms with Crippen LogP contribution in [0.5, 0.6) is 11.6 Å². The lowest BCUT2D eigenvalue weighted by Crippen LogP contribution is -2.16. The Morgan fingerprint density at radius 1 is 1.18 bits per heavy atom. The molecule has 0 saturated carbocycles. The van der Waals surface area contributed by atoms with Crippen molar-refractivity contribution in [1.82, 2.24) is 14.8 Å². The first-order chi connectivity index (χ1) is 15.8. The van der Waals surface area contributed by atoms with Crippen LogP contribution < -0.4 is 9.47 Å². The zero-order valence-electron chi connectivity index (χ0n) is 19.7. The minimum Gasteiger partial charge on any atom is -0.497 e. The molecule has 33 heavy (non-hydrogen) atoms. The van der Waals surface area contributed by atoms with Crippen LogP contribution in [0.4, 0.5) is 0 Å². The number of fused-ring (bicyclic) bond motifs is 1. The summed E-state index contributed by atoms with van der Waals surface area (Å²) in [7, 11) is 3.53. The first kappa shape index (κ1) is 24.8. The molecule has 0 fully saturated rings. The lowest BCUT2D eigenvalue weighted by molar-refractivity contribution is -0.137. The number of carboxylic acids is 1. The highest BCUT2D eigenvalue weighted by Gasteiger charge is 2.18. The summed E-state index contributed by atoms with van der Waals surface area (Å²) in [6, 6.07) is 9.77. The zero-order chi connectivity index (χ0) is 24.0. The number of carbonyl (C=O) groups is 1. The van der Waals surface area contributed by atoms with Crippen LogP contribution in [0, 0.1) is 12.8 Å². The molecule has 0 radical (unpaired) electrons. The quantitative estimate of drug-likeness (QED) is 0.344. The highest BCUT2D eigenvalue weighted by molar-refractivity contribution is 6.30. The summed E-state index contributed by atoms with van der Waals surface area (Å²) in [5.41, 5.74) is 2.95. The van der Waals surface area contributed by atoms with Crippen LogP contribution >= 0.6 is 11.6 Å². The number of aromatic nitrogens is 3. The van der Waals surface area contributed by atoms with Gasteiger partial charge in [0.25, 0.3) is 0 Å². The fraction of sp³-hybridized carbons (Fsp3) is 0.480. The van der Waals surface area contributed by atoms with Gasteiger partial charge in [-0.25, -0.2) is 4.98 Å². The van der Waals surface area contributed by atoms with Crippen molar-refractivity contribution in [2.45, 2.75) is 58.5 Å². The predicted molar refractivity (Wildman–Crippen MR) is 129 cm³/mol. The number of hydrogen-bond acceptors (Lipinski definition) is 5. The summed E-state index contributed by atoms with van der Waals surface area (Å²) in [4.78, 5) is 15.5. The minimum absolute atomic E-state index is 0.0907. The Morgan fingerprint density at radius 2 is 1.91 bits per heavy atom. The van der Waals surface area contributed by atoms with E-state index >= 15 is 0 Å². The molecule has 7 nitrogen and oxygen atoms in total. The van der Waals surface area contributed by atoms with Crippen molar-refractivity contribution in [2.24, 2.45) is 13.0 Å². The highest BCUT2D eigenvalue weighted by Crippen LogP contribution is 2.30. The van der Waals surface area contributed by atoms with Gasteiger partial charge in [-0.1, -0.05) is 23.7 Å². The maximum Gasteiger partial charge on any atom is 0.303 e. The predicted octanol–water partition coefficient (Wildman–Crippen LogP) is 5.60. The molecule has 1 aromatic carbocycles. The summed E-state index contributed by atoms with van der Waals surface area (Å²) in [5.74, 6) is 0.865. The van der Waals surface area contributed by atoms with Gasteiger partial charge in [0, 0.05) is 25.2 Å². The number of aliphatic carboxylic acids is 1. The van der Waals surface area contributed by atoms with Crippen molar-refractivity contribution in [2.75, 3.05) is 7.11 Å². The number of hydrogen-bond donors (Lipinski definition) is 1. The fourth-order valence-corrected chi connectivity index (χ4v) is 4.21. The largest absolute Gasteiger partial charge is 0.497 e. The smallest absolute Gasteiger partial charge is 0.303 e. The zero-order valence-corrected chi connectivity index (χ0v) is 20.4. The van der Waals surface area contributed by atoms with Gasteiger partial charge in [-0.15, -0.1) is 0 Å². The number of nitrogens with zero attached hydrogens (tertiary/aromatic N) is 3. The molecule has 1 N–H and O–H groups in total. The molecule has 0 saturated heterocycles. The van der Waals surface area contributed by atoms with E-state index in [9.17, 15) is 4.79 Å². The van der Waals surface area contributed by atoms with Crippen molar-refractivity contribution < 1.29 is 19.4 Å². The Bertz CT molecular complexity index is 1080. The lowest BCUT2D eigenvalue weighted by Gasteiger charge is -2.20. The maximum absolute atomic E-state index is 11.2. The van der Waals surface area contributed by atoms with E-state index < -0.39 is 5.97 Å². The third kappa shape index (κ3) is 6.84. The molecule has 1 unspecified atom stereocenters. The number of halogens is 1. The minimum atomic E-state index is -0.758. The molecule has 178 valence electrons. The number of pyridine rings is 1. The normalized spacial score (nSPS) is 13.1. The van der Waals surface area contributed by atoms with E-state index in [1.165, 1.54) is 5.56 Å². The molecule has 0 aliphatic rings. The molecule has 0 bridgehead atoms. The summed E-state index contributed by atoms with van der Waals surface area (Å²) >= 11 is 6.18. The molecule has 2 atom stereocenters. The van der Waals surface area contributed by atoms with Gasteiger partial charge in [-0.2, -0.15) is 5.10 Å². The maximum atomic E-state index is 11.2. The number of methoxy groups -OCH3 is 1. The number of carboxylic acid groups (broad SMARTS) is 1. The summed E-state index contributed by atoms with van der Waals surface area (Å²) < 4.78 is 13.2. The van der Waals surface area contributed by atoms with Crippen molar-refractivity contribution in [3.8, 4) is 11.6 Å². The second-order valence-electron chi connectivity index (χ2n) is 8.54. The molecule has 3 rings (SSSR count). The number of aryl methyl sites for hydroxylation is 3.